The standard InChI is InChI=1S/C22H21BrCl2N4O3S/c1-14-8-16(15(2)29(14)19-10-17(24)9-18(25)11-19)12-26-27-22(30)13-28(33(3,31)32)21-7-5-4-6-20(21)23/h4-12H,13H2,1-3H3,(H,27,30)/b26-12+. The van der Waals surface area contributed by atoms with E-state index >= 15 is 0 Å². The molecular weight excluding hydrogens is 551 g/mol. The van der Waals surface area contributed by atoms with Crippen LogP contribution in [-0.2, 0) is 14.8 Å². The van der Waals surface area contributed by atoms with Crippen LogP contribution in [0.4, 0.5) is 5.69 Å². The van der Waals surface area contributed by atoms with Crippen LogP contribution in [0.5, 0.6) is 0 Å². The van der Waals surface area contributed by atoms with Gasteiger partial charge in [-0.25, -0.2) is 13.8 Å². The predicted molar refractivity (Wildman–Crippen MR) is 137 cm³/mol. The van der Waals surface area contributed by atoms with Crippen LogP contribution in [0.15, 0.2) is 58.1 Å². The van der Waals surface area contributed by atoms with E-state index in [-0.39, 0.29) is 0 Å². The molecule has 7 nitrogen and oxygen atoms in total. The molecule has 0 unspecified atom stereocenters. The Hall–Kier alpha value is -2.33. The van der Waals surface area contributed by atoms with E-state index in [1.165, 1.54) is 6.21 Å². The summed E-state index contributed by atoms with van der Waals surface area (Å²) in [5.74, 6) is -0.581. The maximum atomic E-state index is 12.4. The first-order valence-corrected chi connectivity index (χ1v) is 13.1. The van der Waals surface area contributed by atoms with E-state index in [9.17, 15) is 13.2 Å². The molecule has 0 saturated carbocycles. The lowest BCUT2D eigenvalue weighted by Crippen LogP contribution is -2.39. The number of halogens is 3. The number of carbonyl (C=O) groups is 1. The first-order chi connectivity index (χ1) is 15.5. The zero-order valence-corrected chi connectivity index (χ0v) is 21.9. The third-order valence-electron chi connectivity index (χ3n) is 4.78. The van der Waals surface area contributed by atoms with E-state index in [2.05, 4.69) is 26.5 Å². The van der Waals surface area contributed by atoms with Crippen LogP contribution in [0.2, 0.25) is 10.0 Å². The average molecular weight is 572 g/mol. The minimum absolute atomic E-state index is 0.364. The maximum Gasteiger partial charge on any atom is 0.260 e. The van der Waals surface area contributed by atoms with Gasteiger partial charge in [0, 0.05) is 37.2 Å². The van der Waals surface area contributed by atoms with Gasteiger partial charge in [0.1, 0.15) is 6.54 Å². The highest BCUT2D eigenvalue weighted by molar-refractivity contribution is 9.10. The quantitative estimate of drug-likeness (QED) is 0.317. The lowest BCUT2D eigenvalue weighted by molar-refractivity contribution is -0.119. The molecule has 0 aliphatic heterocycles. The molecule has 0 atom stereocenters. The van der Waals surface area contributed by atoms with Crippen LogP contribution in [0.25, 0.3) is 5.69 Å². The fourth-order valence-electron chi connectivity index (χ4n) is 3.36. The van der Waals surface area contributed by atoms with Crippen molar-refractivity contribution in [1.82, 2.24) is 9.99 Å². The van der Waals surface area contributed by atoms with Gasteiger partial charge in [-0.05, 0) is 66.2 Å². The molecule has 3 rings (SSSR count). The Morgan fingerprint density at radius 1 is 1.15 bits per heavy atom. The van der Waals surface area contributed by atoms with Crippen molar-refractivity contribution in [2.24, 2.45) is 5.10 Å². The smallest absolute Gasteiger partial charge is 0.260 e. The normalized spacial score (nSPS) is 11.7. The van der Waals surface area contributed by atoms with E-state index in [0.717, 1.165) is 33.2 Å². The Kier molecular flexibility index (Phi) is 7.89. The topological polar surface area (TPSA) is 83.8 Å². The number of aryl methyl sites for hydroxylation is 1. The molecule has 2 aromatic carbocycles. The van der Waals surface area contributed by atoms with Gasteiger partial charge >= 0.3 is 0 Å². The maximum absolute atomic E-state index is 12.4. The van der Waals surface area contributed by atoms with Crippen molar-refractivity contribution in [3.63, 3.8) is 0 Å². The Morgan fingerprint density at radius 2 is 1.79 bits per heavy atom. The monoisotopic (exact) mass is 570 g/mol. The predicted octanol–water partition coefficient (Wildman–Crippen LogP) is 5.08. The summed E-state index contributed by atoms with van der Waals surface area (Å²) >= 11 is 15.6. The molecule has 1 aromatic heterocycles. The van der Waals surface area contributed by atoms with Crippen LogP contribution in [-0.4, -0.2) is 37.9 Å². The summed E-state index contributed by atoms with van der Waals surface area (Å²) in [4.78, 5) is 12.4. The van der Waals surface area contributed by atoms with E-state index in [1.807, 2.05) is 24.5 Å². The van der Waals surface area contributed by atoms with E-state index in [1.54, 1.807) is 42.5 Å². The Labute approximate surface area is 211 Å². The number of hydrogen-bond donors (Lipinski definition) is 1. The summed E-state index contributed by atoms with van der Waals surface area (Å²) in [5, 5.41) is 5.06. The van der Waals surface area contributed by atoms with Crippen molar-refractivity contribution in [2.75, 3.05) is 17.1 Å². The summed E-state index contributed by atoms with van der Waals surface area (Å²) in [7, 11) is -3.69. The van der Waals surface area contributed by atoms with Crippen molar-refractivity contribution < 1.29 is 13.2 Å². The highest BCUT2D eigenvalue weighted by atomic mass is 79.9. The van der Waals surface area contributed by atoms with Crippen molar-refractivity contribution in [3.05, 3.63) is 80.0 Å². The molecular formula is C22H21BrCl2N4O3S. The van der Waals surface area contributed by atoms with Crippen molar-refractivity contribution in [3.8, 4) is 5.69 Å². The highest BCUT2D eigenvalue weighted by Gasteiger charge is 2.22. The Morgan fingerprint density at radius 3 is 2.39 bits per heavy atom. The Bertz CT molecular complexity index is 1320. The molecule has 1 N–H and O–H groups in total. The third kappa shape index (κ3) is 6.17. The molecule has 0 bridgehead atoms. The van der Waals surface area contributed by atoms with Crippen LogP contribution in [0.1, 0.15) is 17.0 Å². The number of aromatic nitrogens is 1. The molecule has 0 saturated heterocycles. The largest absolute Gasteiger partial charge is 0.318 e. The molecule has 0 fully saturated rings. The molecule has 3 aromatic rings. The van der Waals surface area contributed by atoms with Crippen LogP contribution < -0.4 is 9.73 Å². The molecule has 1 amide bonds. The number of amides is 1. The molecule has 0 aliphatic carbocycles. The molecule has 11 heteroatoms. The van der Waals surface area contributed by atoms with E-state index in [0.29, 0.717) is 20.2 Å². The van der Waals surface area contributed by atoms with Gasteiger partial charge in [0.25, 0.3) is 5.91 Å². The van der Waals surface area contributed by atoms with Gasteiger partial charge in [-0.1, -0.05) is 35.3 Å². The molecule has 33 heavy (non-hydrogen) atoms. The molecule has 0 spiro atoms. The number of anilines is 1. The second-order valence-corrected chi connectivity index (χ2v) is 10.9. The number of nitrogens with zero attached hydrogens (tertiary/aromatic N) is 3. The minimum atomic E-state index is -3.69. The second kappa shape index (κ2) is 10.3. The summed E-state index contributed by atoms with van der Waals surface area (Å²) in [6.07, 6.45) is 2.55. The first kappa shape index (κ1) is 25.3. The summed E-state index contributed by atoms with van der Waals surface area (Å²) < 4.78 is 28.0. The lowest BCUT2D eigenvalue weighted by Gasteiger charge is -2.22. The Balaban J connectivity index is 1.77. The van der Waals surface area contributed by atoms with Crippen LogP contribution in [0, 0.1) is 13.8 Å². The number of hydrogen-bond acceptors (Lipinski definition) is 4. The summed E-state index contributed by atoms with van der Waals surface area (Å²) in [6.45, 7) is 3.42. The first-order valence-electron chi connectivity index (χ1n) is 9.67. The van der Waals surface area contributed by atoms with Crippen LogP contribution >= 0.6 is 39.1 Å². The fraction of sp³-hybridized carbons (Fsp3) is 0.182. The van der Waals surface area contributed by atoms with Crippen molar-refractivity contribution >= 4 is 67.0 Å². The van der Waals surface area contributed by atoms with Crippen LogP contribution in [0.3, 0.4) is 0 Å². The number of sulfonamides is 1. The molecule has 174 valence electrons. The van der Waals surface area contributed by atoms with Gasteiger partial charge in [0.05, 0.1) is 18.2 Å². The van der Waals surface area contributed by atoms with Gasteiger partial charge < -0.3 is 4.57 Å². The van der Waals surface area contributed by atoms with E-state index < -0.39 is 22.5 Å². The summed E-state index contributed by atoms with van der Waals surface area (Å²) in [6, 6.07) is 13.9. The van der Waals surface area contributed by atoms with Gasteiger partial charge in [0.15, 0.2) is 0 Å². The zero-order valence-electron chi connectivity index (χ0n) is 18.0. The van der Waals surface area contributed by atoms with Gasteiger partial charge in [-0.15, -0.1) is 0 Å². The number of para-hydroxylation sites is 1. The average Bonchev–Trinajstić information content (AvgIpc) is 2.98. The van der Waals surface area contributed by atoms with E-state index in [4.69, 9.17) is 23.2 Å². The molecule has 1 heterocycles. The number of nitrogens with one attached hydrogen (secondary N) is 1. The van der Waals surface area contributed by atoms with Gasteiger partial charge in [-0.3, -0.25) is 9.10 Å². The third-order valence-corrected chi connectivity index (χ3v) is 7.01. The van der Waals surface area contributed by atoms with Crippen molar-refractivity contribution in [1.29, 1.82) is 0 Å². The SMILES string of the molecule is Cc1cc(/C=N/NC(=O)CN(c2ccccc2Br)S(C)(=O)=O)c(C)n1-c1cc(Cl)cc(Cl)c1. The molecule has 0 radical (unpaired) electrons. The fourth-order valence-corrected chi connectivity index (χ4v) is 5.36. The number of rotatable bonds is 7. The highest BCUT2D eigenvalue weighted by Crippen LogP contribution is 2.28. The number of benzene rings is 2. The molecule has 0 aliphatic rings. The second-order valence-electron chi connectivity index (χ2n) is 7.30. The minimum Gasteiger partial charge on any atom is -0.318 e. The van der Waals surface area contributed by atoms with Crippen molar-refractivity contribution in [2.45, 2.75) is 13.8 Å². The van der Waals surface area contributed by atoms with Gasteiger partial charge in [0.2, 0.25) is 10.0 Å². The zero-order chi connectivity index (χ0) is 24.3. The summed E-state index contributed by atoms with van der Waals surface area (Å²) in [5.41, 5.74) is 6.14. The van der Waals surface area contributed by atoms with Gasteiger partial charge in [-0.2, -0.15) is 5.10 Å². The number of hydrazone groups is 1. The lowest BCUT2D eigenvalue weighted by atomic mass is 10.2. The number of carbonyl (C=O) groups excluding carboxylic acids is 1.